The summed E-state index contributed by atoms with van der Waals surface area (Å²) in [7, 11) is 0. The lowest BCUT2D eigenvalue weighted by Gasteiger charge is -2.36. The predicted octanol–water partition coefficient (Wildman–Crippen LogP) is 4.07. The van der Waals surface area contributed by atoms with Crippen molar-refractivity contribution < 1.29 is 14.0 Å². The number of aryl methyl sites for hydroxylation is 1. The lowest BCUT2D eigenvalue weighted by molar-refractivity contribution is 0.139. The molecule has 4 rings (SSSR count). The molecular weight excluding hydrogens is 383 g/mol. The van der Waals surface area contributed by atoms with Crippen molar-refractivity contribution in [3.63, 3.8) is 0 Å². The number of nitrogens with one attached hydrogen (secondary N) is 1. The Hall–Kier alpha value is -3.09. The lowest BCUT2D eigenvalue weighted by atomic mass is 10.0. The van der Waals surface area contributed by atoms with E-state index in [9.17, 15) is 14.0 Å². The molecular formula is C23H27FN4O2. The van der Waals surface area contributed by atoms with E-state index in [0.717, 1.165) is 31.5 Å². The van der Waals surface area contributed by atoms with Gasteiger partial charge in [-0.05, 0) is 43.0 Å². The second kappa shape index (κ2) is 8.73. The molecule has 158 valence electrons. The van der Waals surface area contributed by atoms with E-state index >= 15 is 0 Å². The highest BCUT2D eigenvalue weighted by Crippen LogP contribution is 2.23. The zero-order valence-electron chi connectivity index (χ0n) is 17.2. The van der Waals surface area contributed by atoms with E-state index in [1.165, 1.54) is 6.07 Å². The van der Waals surface area contributed by atoms with E-state index in [1.807, 2.05) is 40.1 Å². The van der Waals surface area contributed by atoms with Gasteiger partial charge < -0.3 is 20.0 Å². The third kappa shape index (κ3) is 4.40. The van der Waals surface area contributed by atoms with Gasteiger partial charge in [-0.15, -0.1) is 0 Å². The topological polar surface area (TPSA) is 55.9 Å². The normalized spacial score (nSPS) is 17.5. The molecule has 0 unspecified atom stereocenters. The Bertz CT molecular complexity index is 913. The Balaban J connectivity index is 1.28. The lowest BCUT2D eigenvalue weighted by Crippen LogP contribution is -2.49. The number of benzene rings is 2. The first-order chi connectivity index (χ1) is 14.5. The molecule has 2 saturated heterocycles. The number of rotatable bonds is 4. The van der Waals surface area contributed by atoms with Crippen LogP contribution in [0.2, 0.25) is 0 Å². The predicted molar refractivity (Wildman–Crippen MR) is 114 cm³/mol. The number of amides is 4. The number of anilines is 1. The van der Waals surface area contributed by atoms with Gasteiger partial charge in [-0.3, -0.25) is 0 Å². The van der Waals surface area contributed by atoms with E-state index in [2.05, 4.69) is 5.32 Å². The van der Waals surface area contributed by atoms with E-state index in [4.69, 9.17) is 0 Å². The third-order valence-electron chi connectivity index (χ3n) is 5.96. The fraction of sp³-hybridized carbons (Fsp3) is 0.391. The number of nitrogens with zero attached hydrogens (tertiary/aromatic N) is 3. The Kier molecular flexibility index (Phi) is 5.88. The van der Waals surface area contributed by atoms with Gasteiger partial charge in [0, 0.05) is 44.5 Å². The second-order valence-electron chi connectivity index (χ2n) is 8.00. The smallest absolute Gasteiger partial charge is 0.321 e. The van der Waals surface area contributed by atoms with Crippen LogP contribution in [0.5, 0.6) is 0 Å². The third-order valence-corrected chi connectivity index (χ3v) is 5.96. The molecule has 4 amide bonds. The van der Waals surface area contributed by atoms with Crippen LogP contribution in [0, 0.1) is 12.7 Å². The minimum absolute atomic E-state index is 0.0804. The fourth-order valence-corrected chi connectivity index (χ4v) is 4.14. The Morgan fingerprint density at radius 1 is 1.07 bits per heavy atom. The van der Waals surface area contributed by atoms with Crippen molar-refractivity contribution in [2.75, 3.05) is 31.5 Å². The maximum Gasteiger partial charge on any atom is 0.321 e. The maximum absolute atomic E-state index is 13.7. The monoisotopic (exact) mass is 410 g/mol. The number of likely N-dealkylation sites (tertiary alicyclic amines) is 1. The average Bonchev–Trinajstić information content (AvgIpc) is 3.12. The average molecular weight is 410 g/mol. The molecule has 0 bridgehead atoms. The largest absolute Gasteiger partial charge is 0.324 e. The number of hydrogen-bond donors (Lipinski definition) is 1. The van der Waals surface area contributed by atoms with Gasteiger partial charge in [-0.25, -0.2) is 14.0 Å². The number of halogens is 1. The van der Waals surface area contributed by atoms with Crippen LogP contribution in [0.1, 0.15) is 24.0 Å². The van der Waals surface area contributed by atoms with Crippen molar-refractivity contribution in [2.24, 2.45) is 0 Å². The van der Waals surface area contributed by atoms with E-state index in [0.29, 0.717) is 30.9 Å². The highest BCUT2D eigenvalue weighted by atomic mass is 19.1. The summed E-state index contributed by atoms with van der Waals surface area (Å²) in [4.78, 5) is 30.9. The molecule has 6 nitrogen and oxygen atoms in total. The first kappa shape index (κ1) is 20.2. The zero-order valence-corrected chi connectivity index (χ0v) is 17.2. The molecule has 2 aliphatic heterocycles. The first-order valence-corrected chi connectivity index (χ1v) is 10.4. The molecule has 30 heavy (non-hydrogen) atoms. The van der Waals surface area contributed by atoms with Crippen molar-refractivity contribution >= 4 is 17.7 Å². The van der Waals surface area contributed by atoms with Gasteiger partial charge in [0.2, 0.25) is 0 Å². The van der Waals surface area contributed by atoms with Crippen molar-refractivity contribution in [1.82, 2.24) is 14.7 Å². The van der Waals surface area contributed by atoms with Gasteiger partial charge in [-0.2, -0.15) is 0 Å². The molecule has 2 aromatic rings. The summed E-state index contributed by atoms with van der Waals surface area (Å²) < 4.78 is 13.7. The number of hydrogen-bond acceptors (Lipinski definition) is 2. The number of carbonyl (C=O) groups excluding carboxylic acids is 2. The molecule has 2 aliphatic rings. The summed E-state index contributed by atoms with van der Waals surface area (Å²) in [6.07, 6.45) is 1.50. The van der Waals surface area contributed by atoms with Gasteiger partial charge in [0.15, 0.2) is 0 Å². The molecule has 0 aromatic heterocycles. The van der Waals surface area contributed by atoms with Gasteiger partial charge in [0.05, 0.1) is 0 Å². The maximum atomic E-state index is 13.7. The highest BCUT2D eigenvalue weighted by molar-refractivity contribution is 5.89. The molecule has 0 saturated carbocycles. The molecule has 0 atom stereocenters. The van der Waals surface area contributed by atoms with Crippen LogP contribution in [-0.4, -0.2) is 59.0 Å². The molecule has 0 radical (unpaired) electrons. The van der Waals surface area contributed by atoms with E-state index in [-0.39, 0.29) is 23.9 Å². The highest BCUT2D eigenvalue weighted by Gasteiger charge is 2.35. The molecule has 7 heteroatoms. The summed E-state index contributed by atoms with van der Waals surface area (Å²) in [5, 5.41) is 2.77. The Labute approximate surface area is 176 Å². The molecule has 2 aromatic carbocycles. The van der Waals surface area contributed by atoms with Gasteiger partial charge in [0.1, 0.15) is 5.82 Å². The van der Waals surface area contributed by atoms with Crippen LogP contribution < -0.4 is 5.32 Å². The van der Waals surface area contributed by atoms with Crippen molar-refractivity contribution in [3.8, 4) is 0 Å². The van der Waals surface area contributed by atoms with E-state index < -0.39 is 0 Å². The molecule has 0 spiro atoms. The molecule has 2 fully saturated rings. The molecule has 1 N–H and O–H groups in total. The zero-order chi connectivity index (χ0) is 21.1. The van der Waals surface area contributed by atoms with Crippen LogP contribution in [0.25, 0.3) is 0 Å². The minimum atomic E-state index is -0.334. The van der Waals surface area contributed by atoms with Crippen molar-refractivity contribution in [2.45, 2.75) is 32.4 Å². The van der Waals surface area contributed by atoms with Crippen LogP contribution in [0.3, 0.4) is 0 Å². The number of piperidine rings is 1. The van der Waals surface area contributed by atoms with Crippen LogP contribution >= 0.6 is 0 Å². The summed E-state index contributed by atoms with van der Waals surface area (Å²) >= 11 is 0. The molecule has 2 heterocycles. The van der Waals surface area contributed by atoms with Crippen LogP contribution in [0.15, 0.2) is 48.5 Å². The summed E-state index contributed by atoms with van der Waals surface area (Å²) in [5.74, 6) is -0.334. The van der Waals surface area contributed by atoms with Gasteiger partial charge >= 0.3 is 12.1 Å². The van der Waals surface area contributed by atoms with Gasteiger partial charge in [-0.1, -0.05) is 36.4 Å². The number of carbonyl (C=O) groups is 2. The van der Waals surface area contributed by atoms with Crippen LogP contribution in [0.4, 0.5) is 19.7 Å². The number of urea groups is 2. The van der Waals surface area contributed by atoms with Gasteiger partial charge in [0.25, 0.3) is 0 Å². The Morgan fingerprint density at radius 2 is 1.80 bits per heavy atom. The first-order valence-electron chi connectivity index (χ1n) is 10.4. The van der Waals surface area contributed by atoms with Crippen LogP contribution in [-0.2, 0) is 6.54 Å². The quantitative estimate of drug-likeness (QED) is 0.826. The second-order valence-corrected chi connectivity index (χ2v) is 8.00. The van der Waals surface area contributed by atoms with E-state index in [1.54, 1.807) is 24.0 Å². The summed E-state index contributed by atoms with van der Waals surface area (Å²) in [6.45, 7) is 4.93. The fourth-order valence-electron chi connectivity index (χ4n) is 4.14. The Morgan fingerprint density at radius 3 is 2.50 bits per heavy atom. The van der Waals surface area contributed by atoms with Crippen molar-refractivity contribution in [3.05, 3.63) is 65.5 Å². The standard InChI is InChI=1S/C23H27FN4O2/c1-17-7-8-19(15-21(17)24)25-22(29)26-11-9-20(10-12-26)28-14-13-27(23(28)30)16-18-5-3-2-4-6-18/h2-8,15,20H,9-14,16H2,1H3,(H,25,29). The SMILES string of the molecule is Cc1ccc(NC(=O)N2CCC(N3CCN(Cc4ccccc4)C3=O)CC2)cc1F. The summed E-state index contributed by atoms with van der Waals surface area (Å²) in [5.41, 5.74) is 2.13. The minimum Gasteiger partial charge on any atom is -0.324 e. The summed E-state index contributed by atoms with van der Waals surface area (Å²) in [6, 6.07) is 14.7. The van der Waals surface area contributed by atoms with Crippen molar-refractivity contribution in [1.29, 1.82) is 0 Å². The molecule has 0 aliphatic carbocycles.